The first kappa shape index (κ1) is 12.3. The SMILES string of the molecule is CCNS(=O)(=O)N[C@H](CC)C(=O)O. The van der Waals surface area contributed by atoms with E-state index in [1.165, 1.54) is 0 Å². The molecule has 1 atom stereocenters. The van der Waals surface area contributed by atoms with Crippen LogP contribution in [0, 0.1) is 0 Å². The van der Waals surface area contributed by atoms with Gasteiger partial charge in [-0.05, 0) is 6.42 Å². The monoisotopic (exact) mass is 210 g/mol. The lowest BCUT2D eigenvalue weighted by molar-refractivity contribution is -0.139. The van der Waals surface area contributed by atoms with Gasteiger partial charge in [0.15, 0.2) is 0 Å². The Kier molecular flexibility index (Phi) is 4.89. The average molecular weight is 210 g/mol. The topological polar surface area (TPSA) is 95.5 Å². The van der Waals surface area contributed by atoms with E-state index in [0.717, 1.165) is 0 Å². The molecule has 0 aliphatic carbocycles. The summed E-state index contributed by atoms with van der Waals surface area (Å²) in [6, 6.07) is -1.07. The molecule has 0 aliphatic rings. The molecule has 6 nitrogen and oxygen atoms in total. The molecule has 3 N–H and O–H groups in total. The molecule has 0 aromatic rings. The van der Waals surface area contributed by atoms with Crippen LogP contribution in [0.1, 0.15) is 20.3 Å². The number of rotatable bonds is 6. The number of carbonyl (C=O) groups is 1. The first-order valence-electron chi connectivity index (χ1n) is 3.92. The van der Waals surface area contributed by atoms with Gasteiger partial charge in [-0.2, -0.15) is 13.1 Å². The minimum Gasteiger partial charge on any atom is -0.480 e. The Morgan fingerprint density at radius 2 is 2.00 bits per heavy atom. The van der Waals surface area contributed by atoms with E-state index >= 15 is 0 Å². The molecule has 0 rings (SSSR count). The predicted octanol–water partition coefficient (Wildman–Crippen LogP) is -0.706. The third-order valence-electron chi connectivity index (χ3n) is 1.34. The van der Waals surface area contributed by atoms with Crippen molar-refractivity contribution in [3.05, 3.63) is 0 Å². The van der Waals surface area contributed by atoms with Crippen LogP contribution in [0.4, 0.5) is 0 Å². The Hall–Kier alpha value is -0.660. The van der Waals surface area contributed by atoms with E-state index in [-0.39, 0.29) is 13.0 Å². The van der Waals surface area contributed by atoms with Gasteiger partial charge in [0.1, 0.15) is 6.04 Å². The summed E-state index contributed by atoms with van der Waals surface area (Å²) in [6.45, 7) is 3.43. The molecule has 78 valence electrons. The molecule has 13 heavy (non-hydrogen) atoms. The molecule has 0 saturated carbocycles. The number of hydrogen-bond acceptors (Lipinski definition) is 3. The van der Waals surface area contributed by atoms with Crippen LogP contribution < -0.4 is 9.44 Å². The normalized spacial score (nSPS) is 14.0. The van der Waals surface area contributed by atoms with Crippen LogP contribution in [0.2, 0.25) is 0 Å². The highest BCUT2D eigenvalue weighted by Crippen LogP contribution is 1.92. The maximum atomic E-state index is 11.0. The van der Waals surface area contributed by atoms with Gasteiger partial charge in [0.25, 0.3) is 10.2 Å². The van der Waals surface area contributed by atoms with Gasteiger partial charge < -0.3 is 5.11 Å². The summed E-state index contributed by atoms with van der Waals surface area (Å²) in [5.74, 6) is -1.18. The van der Waals surface area contributed by atoms with Crippen molar-refractivity contribution in [3.63, 3.8) is 0 Å². The van der Waals surface area contributed by atoms with Gasteiger partial charge in [-0.15, -0.1) is 0 Å². The molecule has 0 aliphatic heterocycles. The molecule has 0 saturated heterocycles. The molecule has 0 unspecified atom stereocenters. The summed E-state index contributed by atoms with van der Waals surface area (Å²) in [4.78, 5) is 10.5. The summed E-state index contributed by atoms with van der Waals surface area (Å²) in [5.41, 5.74) is 0. The first-order chi connectivity index (χ1) is 5.93. The van der Waals surface area contributed by atoms with Crippen molar-refractivity contribution in [1.82, 2.24) is 9.44 Å². The second kappa shape index (κ2) is 5.15. The first-order valence-corrected chi connectivity index (χ1v) is 5.41. The number of carboxylic acid groups (broad SMARTS) is 1. The Balaban J connectivity index is 4.31. The fraction of sp³-hybridized carbons (Fsp3) is 0.833. The minimum absolute atomic E-state index is 0.208. The summed E-state index contributed by atoms with van der Waals surface area (Å²) in [6.07, 6.45) is 0.208. The largest absolute Gasteiger partial charge is 0.480 e. The molecule has 7 heteroatoms. The van der Waals surface area contributed by atoms with E-state index in [1.807, 2.05) is 4.72 Å². The van der Waals surface area contributed by atoms with Gasteiger partial charge in [0.05, 0.1) is 0 Å². The zero-order chi connectivity index (χ0) is 10.5. The molecule has 0 amide bonds. The van der Waals surface area contributed by atoms with Gasteiger partial charge in [0, 0.05) is 6.54 Å². The summed E-state index contributed by atoms with van der Waals surface area (Å²) in [7, 11) is -3.67. The van der Waals surface area contributed by atoms with Crippen molar-refractivity contribution in [3.8, 4) is 0 Å². The van der Waals surface area contributed by atoms with Crippen LogP contribution >= 0.6 is 0 Å². The maximum Gasteiger partial charge on any atom is 0.321 e. The van der Waals surface area contributed by atoms with Crippen molar-refractivity contribution in [1.29, 1.82) is 0 Å². The zero-order valence-electron chi connectivity index (χ0n) is 7.57. The number of hydrogen-bond donors (Lipinski definition) is 3. The number of nitrogens with one attached hydrogen (secondary N) is 2. The molecular weight excluding hydrogens is 196 g/mol. The second-order valence-corrected chi connectivity index (χ2v) is 3.95. The summed E-state index contributed by atoms with van der Waals surface area (Å²) in [5, 5.41) is 8.55. The van der Waals surface area contributed by atoms with E-state index in [4.69, 9.17) is 5.11 Å². The number of carboxylic acids is 1. The lowest BCUT2D eigenvalue weighted by Gasteiger charge is -2.12. The third kappa shape index (κ3) is 4.81. The van der Waals surface area contributed by atoms with Crippen molar-refractivity contribution in [2.45, 2.75) is 26.3 Å². The molecule has 0 aromatic heterocycles. The molecule has 0 bridgehead atoms. The standard InChI is InChI=1S/C6H14N2O4S/c1-3-5(6(9)10)8-13(11,12)7-4-2/h5,7-8H,3-4H2,1-2H3,(H,9,10)/t5-/m1/s1. The van der Waals surface area contributed by atoms with Gasteiger partial charge in [0.2, 0.25) is 0 Å². The fourth-order valence-corrected chi connectivity index (χ4v) is 1.83. The highest BCUT2D eigenvalue weighted by Gasteiger charge is 2.20. The van der Waals surface area contributed by atoms with E-state index < -0.39 is 22.2 Å². The van der Waals surface area contributed by atoms with Crippen molar-refractivity contribution in [2.24, 2.45) is 0 Å². The van der Waals surface area contributed by atoms with Crippen LogP contribution in [-0.4, -0.2) is 32.1 Å². The van der Waals surface area contributed by atoms with E-state index in [1.54, 1.807) is 13.8 Å². The van der Waals surface area contributed by atoms with Crippen LogP contribution in [-0.2, 0) is 15.0 Å². The highest BCUT2D eigenvalue weighted by molar-refractivity contribution is 7.87. The third-order valence-corrected chi connectivity index (χ3v) is 2.60. The van der Waals surface area contributed by atoms with Gasteiger partial charge in [-0.3, -0.25) is 4.79 Å². The molecule has 0 spiro atoms. The smallest absolute Gasteiger partial charge is 0.321 e. The van der Waals surface area contributed by atoms with Crippen molar-refractivity contribution in [2.75, 3.05) is 6.54 Å². The van der Waals surface area contributed by atoms with Crippen molar-refractivity contribution >= 4 is 16.2 Å². The average Bonchev–Trinajstić information content (AvgIpc) is 1.99. The van der Waals surface area contributed by atoms with E-state index in [2.05, 4.69) is 4.72 Å². The van der Waals surface area contributed by atoms with Crippen LogP contribution in [0.15, 0.2) is 0 Å². The van der Waals surface area contributed by atoms with Crippen LogP contribution in [0.3, 0.4) is 0 Å². The molecular formula is C6H14N2O4S. The molecule has 0 heterocycles. The fourth-order valence-electron chi connectivity index (χ4n) is 0.727. The molecule has 0 radical (unpaired) electrons. The van der Waals surface area contributed by atoms with E-state index in [9.17, 15) is 13.2 Å². The Bertz CT molecular complexity index is 262. The minimum atomic E-state index is -3.67. The lowest BCUT2D eigenvalue weighted by atomic mass is 10.2. The summed E-state index contributed by atoms with van der Waals surface area (Å²) < 4.78 is 26.2. The highest BCUT2D eigenvalue weighted by atomic mass is 32.2. The summed E-state index contributed by atoms with van der Waals surface area (Å²) >= 11 is 0. The van der Waals surface area contributed by atoms with E-state index in [0.29, 0.717) is 0 Å². The Labute approximate surface area is 77.5 Å². The molecule has 0 aromatic carbocycles. The number of aliphatic carboxylic acids is 1. The zero-order valence-corrected chi connectivity index (χ0v) is 8.39. The maximum absolute atomic E-state index is 11.0. The van der Waals surface area contributed by atoms with Gasteiger partial charge in [-0.25, -0.2) is 4.72 Å². The van der Waals surface area contributed by atoms with Crippen LogP contribution in [0.5, 0.6) is 0 Å². The molecule has 0 fully saturated rings. The van der Waals surface area contributed by atoms with Gasteiger partial charge >= 0.3 is 5.97 Å². The second-order valence-electron chi connectivity index (χ2n) is 2.42. The Morgan fingerprint density at radius 1 is 1.46 bits per heavy atom. The lowest BCUT2D eigenvalue weighted by Crippen LogP contribution is -2.45. The van der Waals surface area contributed by atoms with Gasteiger partial charge in [-0.1, -0.05) is 13.8 Å². The quantitative estimate of drug-likeness (QED) is 0.540. The predicted molar refractivity (Wildman–Crippen MR) is 47.4 cm³/mol. The van der Waals surface area contributed by atoms with Crippen LogP contribution in [0.25, 0.3) is 0 Å². The van der Waals surface area contributed by atoms with Crippen molar-refractivity contribution < 1.29 is 18.3 Å². The Morgan fingerprint density at radius 3 is 2.31 bits per heavy atom.